The van der Waals surface area contributed by atoms with Crippen molar-refractivity contribution in [2.45, 2.75) is 31.8 Å². The summed E-state index contributed by atoms with van der Waals surface area (Å²) >= 11 is 0. The fourth-order valence-corrected chi connectivity index (χ4v) is 3.27. The second-order valence-electron chi connectivity index (χ2n) is 5.19. The van der Waals surface area contributed by atoms with E-state index in [0.717, 1.165) is 6.42 Å². The van der Waals surface area contributed by atoms with Crippen LogP contribution in [0.2, 0.25) is 0 Å². The van der Waals surface area contributed by atoms with Crippen LogP contribution in [0.15, 0.2) is 23.1 Å². The van der Waals surface area contributed by atoms with Gasteiger partial charge in [-0.3, -0.25) is 0 Å². The number of aliphatic hydroxyl groups excluding tert-OH is 1. The van der Waals surface area contributed by atoms with E-state index in [0.29, 0.717) is 36.3 Å². The molecule has 0 bridgehead atoms. The summed E-state index contributed by atoms with van der Waals surface area (Å²) in [5, 5.41) is 9.30. The van der Waals surface area contributed by atoms with Crippen molar-refractivity contribution in [3.63, 3.8) is 0 Å². The van der Waals surface area contributed by atoms with Crippen molar-refractivity contribution in [1.82, 2.24) is 4.72 Å². The molecule has 1 aromatic rings. The topological polar surface area (TPSA) is 75.6 Å². The first kappa shape index (κ1) is 15.3. The molecule has 0 radical (unpaired) electrons. The first-order valence-corrected chi connectivity index (χ1v) is 8.32. The number of nitrogens with one attached hydrogen (secondary N) is 1. The maximum atomic E-state index is 12.2. The second-order valence-corrected chi connectivity index (χ2v) is 6.95. The minimum absolute atomic E-state index is 0.165. The van der Waals surface area contributed by atoms with Gasteiger partial charge in [0.1, 0.15) is 5.75 Å². The Labute approximate surface area is 120 Å². The summed E-state index contributed by atoms with van der Waals surface area (Å²) in [4.78, 5) is 0.165. The maximum absolute atomic E-state index is 12.2. The minimum atomic E-state index is -3.52. The van der Waals surface area contributed by atoms with Gasteiger partial charge in [0.15, 0.2) is 0 Å². The van der Waals surface area contributed by atoms with Gasteiger partial charge >= 0.3 is 0 Å². The minimum Gasteiger partial charge on any atom is -0.494 e. The van der Waals surface area contributed by atoms with Crippen molar-refractivity contribution in [1.29, 1.82) is 0 Å². The Morgan fingerprint density at radius 3 is 2.70 bits per heavy atom. The molecule has 1 fully saturated rings. The Balaban J connectivity index is 2.14. The highest BCUT2D eigenvalue weighted by Crippen LogP contribution is 2.37. The predicted molar refractivity (Wildman–Crippen MR) is 76.0 cm³/mol. The number of rotatable bonds is 7. The van der Waals surface area contributed by atoms with Crippen molar-refractivity contribution >= 4 is 10.0 Å². The zero-order chi connectivity index (χ0) is 14.8. The number of sulfonamides is 1. The van der Waals surface area contributed by atoms with E-state index in [1.807, 2.05) is 6.92 Å². The molecule has 2 rings (SSSR count). The van der Waals surface area contributed by atoms with Crippen LogP contribution in [0.5, 0.6) is 5.75 Å². The third-order valence-corrected chi connectivity index (χ3v) is 5.05. The highest BCUT2D eigenvalue weighted by atomic mass is 32.2. The average molecular weight is 299 g/mol. The molecular formula is C14H21NO4S. The normalized spacial score (nSPS) is 21.8. The number of aliphatic hydroxyl groups is 1. The van der Waals surface area contributed by atoms with E-state index in [9.17, 15) is 13.5 Å². The lowest BCUT2D eigenvalue weighted by molar-refractivity contribution is 0.266. The first-order valence-electron chi connectivity index (χ1n) is 6.84. The Morgan fingerprint density at radius 1 is 1.45 bits per heavy atom. The Hall–Kier alpha value is -1.11. The molecule has 1 aromatic carbocycles. The highest BCUT2D eigenvalue weighted by molar-refractivity contribution is 7.89. The van der Waals surface area contributed by atoms with E-state index < -0.39 is 10.0 Å². The molecule has 2 N–H and O–H groups in total. The van der Waals surface area contributed by atoms with Gasteiger partial charge in [-0.2, -0.15) is 0 Å². The van der Waals surface area contributed by atoms with Crippen LogP contribution in [-0.4, -0.2) is 26.7 Å². The quantitative estimate of drug-likeness (QED) is 0.800. The first-order chi connectivity index (χ1) is 9.47. The van der Waals surface area contributed by atoms with Gasteiger partial charge in [0.05, 0.1) is 18.1 Å². The van der Waals surface area contributed by atoms with Gasteiger partial charge in [-0.05, 0) is 43.4 Å². The van der Waals surface area contributed by atoms with E-state index in [-0.39, 0.29) is 11.5 Å². The number of ether oxygens (including phenoxy) is 1. The molecule has 1 saturated carbocycles. The largest absolute Gasteiger partial charge is 0.494 e. The van der Waals surface area contributed by atoms with Gasteiger partial charge in [-0.25, -0.2) is 13.1 Å². The SMILES string of the molecule is CCOc1ccc(S(=O)(=O)NCC2CC2C)cc1CO. The molecule has 1 aliphatic carbocycles. The fourth-order valence-electron chi connectivity index (χ4n) is 2.13. The molecule has 1 aliphatic rings. The summed E-state index contributed by atoms with van der Waals surface area (Å²) in [5.41, 5.74) is 0.481. The van der Waals surface area contributed by atoms with Crippen LogP contribution in [0.25, 0.3) is 0 Å². The van der Waals surface area contributed by atoms with E-state index in [4.69, 9.17) is 4.74 Å². The molecule has 2 atom stereocenters. The molecule has 0 aliphatic heterocycles. The van der Waals surface area contributed by atoms with E-state index in [1.165, 1.54) is 12.1 Å². The molecule has 6 heteroatoms. The van der Waals surface area contributed by atoms with Crippen LogP contribution in [0.1, 0.15) is 25.8 Å². The van der Waals surface area contributed by atoms with Crippen LogP contribution in [0.4, 0.5) is 0 Å². The van der Waals surface area contributed by atoms with Crippen LogP contribution in [-0.2, 0) is 16.6 Å². The second kappa shape index (κ2) is 6.11. The van der Waals surface area contributed by atoms with Crippen molar-refractivity contribution in [3.8, 4) is 5.75 Å². The molecule has 0 heterocycles. The lowest BCUT2D eigenvalue weighted by Crippen LogP contribution is -2.26. The molecule has 112 valence electrons. The highest BCUT2D eigenvalue weighted by Gasteiger charge is 2.33. The van der Waals surface area contributed by atoms with Gasteiger partial charge in [0, 0.05) is 12.1 Å². The van der Waals surface area contributed by atoms with Crippen molar-refractivity contribution in [2.75, 3.05) is 13.2 Å². The van der Waals surface area contributed by atoms with Gasteiger partial charge in [0.2, 0.25) is 10.0 Å². The van der Waals surface area contributed by atoms with Crippen LogP contribution in [0, 0.1) is 11.8 Å². The van der Waals surface area contributed by atoms with Gasteiger partial charge in [-0.1, -0.05) is 6.92 Å². The third kappa shape index (κ3) is 3.50. The molecule has 0 amide bonds. The van der Waals surface area contributed by atoms with Crippen LogP contribution in [0.3, 0.4) is 0 Å². The number of hydrogen-bond acceptors (Lipinski definition) is 4. The smallest absolute Gasteiger partial charge is 0.240 e. The Bertz CT molecular complexity index is 571. The Kier molecular flexibility index (Phi) is 4.67. The van der Waals surface area contributed by atoms with Crippen molar-refractivity contribution in [3.05, 3.63) is 23.8 Å². The Morgan fingerprint density at radius 2 is 2.15 bits per heavy atom. The summed E-state index contributed by atoms with van der Waals surface area (Å²) in [6, 6.07) is 4.55. The van der Waals surface area contributed by atoms with Crippen molar-refractivity contribution in [2.24, 2.45) is 11.8 Å². The molecule has 2 unspecified atom stereocenters. The number of benzene rings is 1. The van der Waals surface area contributed by atoms with E-state index in [1.54, 1.807) is 6.07 Å². The molecular weight excluding hydrogens is 278 g/mol. The third-order valence-electron chi connectivity index (χ3n) is 3.62. The van der Waals surface area contributed by atoms with Gasteiger partial charge in [0.25, 0.3) is 0 Å². The van der Waals surface area contributed by atoms with Gasteiger partial charge in [-0.15, -0.1) is 0 Å². The summed E-state index contributed by atoms with van der Waals surface area (Å²) in [6.07, 6.45) is 1.08. The molecule has 5 nitrogen and oxygen atoms in total. The fraction of sp³-hybridized carbons (Fsp3) is 0.571. The van der Waals surface area contributed by atoms with Crippen molar-refractivity contribution < 1.29 is 18.3 Å². The summed E-state index contributed by atoms with van der Waals surface area (Å²) < 4.78 is 32.3. The van der Waals surface area contributed by atoms with Crippen LogP contribution < -0.4 is 9.46 Å². The monoisotopic (exact) mass is 299 g/mol. The summed E-state index contributed by atoms with van der Waals surface area (Å²) in [6.45, 7) is 4.64. The maximum Gasteiger partial charge on any atom is 0.240 e. The van der Waals surface area contributed by atoms with E-state index >= 15 is 0 Å². The molecule has 20 heavy (non-hydrogen) atoms. The van der Waals surface area contributed by atoms with Gasteiger partial charge < -0.3 is 9.84 Å². The standard InChI is InChI=1S/C14H21NO4S/c1-3-19-14-5-4-13(7-12(14)9-16)20(17,18)15-8-11-6-10(11)2/h4-5,7,10-11,15-16H,3,6,8-9H2,1-2H3. The summed E-state index contributed by atoms with van der Waals surface area (Å²) in [5.74, 6) is 1.57. The lowest BCUT2D eigenvalue weighted by Gasteiger charge is -2.11. The zero-order valence-corrected chi connectivity index (χ0v) is 12.6. The molecule has 0 aromatic heterocycles. The molecule has 0 saturated heterocycles. The average Bonchev–Trinajstić information content (AvgIpc) is 3.13. The number of hydrogen-bond donors (Lipinski definition) is 2. The lowest BCUT2D eigenvalue weighted by atomic mass is 10.2. The van der Waals surface area contributed by atoms with E-state index in [2.05, 4.69) is 11.6 Å². The van der Waals surface area contributed by atoms with Crippen LogP contribution >= 0.6 is 0 Å². The predicted octanol–water partition coefficient (Wildman–Crippen LogP) is 1.51. The zero-order valence-electron chi connectivity index (χ0n) is 11.8. The summed E-state index contributed by atoms with van der Waals surface area (Å²) in [7, 11) is -3.52. The molecule has 0 spiro atoms.